The maximum Gasteiger partial charge on any atom is 0.250 e. The van der Waals surface area contributed by atoms with E-state index < -0.39 is 6.10 Å². The van der Waals surface area contributed by atoms with Crippen molar-refractivity contribution in [3.05, 3.63) is 34.3 Å². The standard InChI is InChI=1S/C13H15Br2NO3/c1-2-19-12(7-14)13(18)16-8-11(17)9-4-3-5-10(15)6-9/h3-6,12H,2,7-8H2,1H3,(H,16,18)/t12-/m0/s1. The van der Waals surface area contributed by atoms with E-state index in [1.165, 1.54) is 0 Å². The molecule has 0 saturated heterocycles. The Labute approximate surface area is 129 Å². The van der Waals surface area contributed by atoms with Crippen LogP contribution in [0, 0.1) is 0 Å². The Bertz CT molecular complexity index is 451. The molecule has 0 unspecified atom stereocenters. The van der Waals surface area contributed by atoms with Crippen LogP contribution in [-0.4, -0.2) is 36.3 Å². The summed E-state index contributed by atoms with van der Waals surface area (Å²) in [5, 5.41) is 2.98. The summed E-state index contributed by atoms with van der Waals surface area (Å²) in [5.41, 5.74) is 0.557. The van der Waals surface area contributed by atoms with Gasteiger partial charge in [-0.15, -0.1) is 0 Å². The van der Waals surface area contributed by atoms with E-state index in [1.54, 1.807) is 18.2 Å². The normalized spacial score (nSPS) is 11.9. The quantitative estimate of drug-likeness (QED) is 0.573. The second kappa shape index (κ2) is 8.45. The van der Waals surface area contributed by atoms with Crippen molar-refractivity contribution in [1.29, 1.82) is 0 Å². The van der Waals surface area contributed by atoms with Crippen molar-refractivity contribution in [2.45, 2.75) is 13.0 Å². The lowest BCUT2D eigenvalue weighted by Crippen LogP contribution is -2.40. The van der Waals surface area contributed by atoms with Crippen LogP contribution in [0.1, 0.15) is 17.3 Å². The number of nitrogens with one attached hydrogen (secondary N) is 1. The maximum atomic E-state index is 11.9. The molecule has 0 bridgehead atoms. The third kappa shape index (κ3) is 5.42. The summed E-state index contributed by atoms with van der Waals surface area (Å²) in [7, 11) is 0. The second-order valence-electron chi connectivity index (χ2n) is 3.75. The molecule has 1 N–H and O–H groups in total. The smallest absolute Gasteiger partial charge is 0.250 e. The zero-order valence-electron chi connectivity index (χ0n) is 10.5. The summed E-state index contributed by atoms with van der Waals surface area (Å²) in [6, 6.07) is 7.05. The summed E-state index contributed by atoms with van der Waals surface area (Å²) < 4.78 is 6.06. The van der Waals surface area contributed by atoms with Crippen LogP contribution in [0.15, 0.2) is 28.7 Å². The van der Waals surface area contributed by atoms with Crippen molar-refractivity contribution in [2.75, 3.05) is 18.5 Å². The first-order valence-corrected chi connectivity index (χ1v) is 7.74. The van der Waals surface area contributed by atoms with Crippen molar-refractivity contribution in [3.63, 3.8) is 0 Å². The van der Waals surface area contributed by atoms with Crippen LogP contribution >= 0.6 is 31.9 Å². The van der Waals surface area contributed by atoms with Gasteiger partial charge in [0.15, 0.2) is 5.78 Å². The average molecular weight is 393 g/mol. The number of ketones is 1. The summed E-state index contributed by atoms with van der Waals surface area (Å²) in [4.78, 5) is 23.6. The highest BCUT2D eigenvalue weighted by Crippen LogP contribution is 2.11. The number of Topliss-reactive ketones (excluding diaryl/α,β-unsaturated/α-hetero) is 1. The van der Waals surface area contributed by atoms with Gasteiger partial charge in [-0.25, -0.2) is 0 Å². The SMILES string of the molecule is CCO[C@@H](CBr)C(=O)NCC(=O)c1cccc(Br)c1. The van der Waals surface area contributed by atoms with E-state index in [-0.39, 0.29) is 18.2 Å². The number of benzene rings is 1. The van der Waals surface area contributed by atoms with Crippen LogP contribution in [0.4, 0.5) is 0 Å². The van der Waals surface area contributed by atoms with Crippen molar-refractivity contribution >= 4 is 43.6 Å². The minimum absolute atomic E-state index is 0.0359. The molecule has 104 valence electrons. The van der Waals surface area contributed by atoms with E-state index in [9.17, 15) is 9.59 Å². The number of hydrogen-bond acceptors (Lipinski definition) is 3. The topological polar surface area (TPSA) is 55.4 Å². The summed E-state index contributed by atoms with van der Waals surface area (Å²) in [6.45, 7) is 2.23. The molecule has 0 aliphatic rings. The fourth-order valence-corrected chi connectivity index (χ4v) is 2.32. The Morgan fingerprint density at radius 1 is 1.42 bits per heavy atom. The van der Waals surface area contributed by atoms with Crippen LogP contribution in [0.25, 0.3) is 0 Å². The first-order valence-electron chi connectivity index (χ1n) is 5.82. The van der Waals surface area contributed by atoms with Crippen LogP contribution in [-0.2, 0) is 9.53 Å². The Balaban J connectivity index is 2.52. The third-order valence-corrected chi connectivity index (χ3v) is 3.45. The first-order chi connectivity index (χ1) is 9.08. The number of ether oxygens (including phenoxy) is 1. The highest BCUT2D eigenvalue weighted by molar-refractivity contribution is 9.10. The van der Waals surface area contributed by atoms with Gasteiger partial charge in [-0.2, -0.15) is 0 Å². The lowest BCUT2D eigenvalue weighted by molar-refractivity contribution is -0.130. The third-order valence-electron chi connectivity index (χ3n) is 2.37. The number of alkyl halides is 1. The summed E-state index contributed by atoms with van der Waals surface area (Å²) >= 11 is 6.50. The summed E-state index contributed by atoms with van der Waals surface area (Å²) in [6.07, 6.45) is -0.569. The lowest BCUT2D eigenvalue weighted by atomic mass is 10.1. The van der Waals surface area contributed by atoms with Gasteiger partial charge >= 0.3 is 0 Å². The van der Waals surface area contributed by atoms with E-state index in [1.807, 2.05) is 13.0 Å². The minimum Gasteiger partial charge on any atom is -0.368 e. The van der Waals surface area contributed by atoms with Crippen LogP contribution in [0.5, 0.6) is 0 Å². The van der Waals surface area contributed by atoms with Crippen molar-refractivity contribution < 1.29 is 14.3 Å². The van der Waals surface area contributed by atoms with Gasteiger partial charge in [-0.3, -0.25) is 9.59 Å². The predicted molar refractivity (Wildman–Crippen MR) is 80.7 cm³/mol. The molecule has 4 nitrogen and oxygen atoms in total. The number of halogens is 2. The molecule has 0 aliphatic carbocycles. The predicted octanol–water partition coefficient (Wildman–Crippen LogP) is 2.55. The molecule has 19 heavy (non-hydrogen) atoms. The maximum absolute atomic E-state index is 11.9. The van der Waals surface area contributed by atoms with Gasteiger partial charge < -0.3 is 10.1 Å². The second-order valence-corrected chi connectivity index (χ2v) is 5.31. The van der Waals surface area contributed by atoms with Gasteiger partial charge in [0.1, 0.15) is 6.10 Å². The van der Waals surface area contributed by atoms with Crippen LogP contribution in [0.3, 0.4) is 0 Å². The Kier molecular flexibility index (Phi) is 7.27. The van der Waals surface area contributed by atoms with E-state index in [2.05, 4.69) is 37.2 Å². The molecule has 1 amide bonds. The summed E-state index contributed by atoms with van der Waals surface area (Å²) in [5.74, 6) is -0.429. The Morgan fingerprint density at radius 2 is 2.16 bits per heavy atom. The van der Waals surface area contributed by atoms with Gasteiger partial charge in [-0.05, 0) is 19.1 Å². The molecule has 1 rings (SSSR count). The molecule has 0 spiro atoms. The van der Waals surface area contributed by atoms with E-state index >= 15 is 0 Å². The molecule has 0 aromatic heterocycles. The molecule has 1 aromatic carbocycles. The molecule has 0 fully saturated rings. The number of carbonyl (C=O) groups excluding carboxylic acids is 2. The lowest BCUT2D eigenvalue weighted by Gasteiger charge is -2.13. The molecule has 0 heterocycles. The molecular weight excluding hydrogens is 378 g/mol. The number of rotatable bonds is 7. The van der Waals surface area contributed by atoms with Crippen molar-refractivity contribution in [2.24, 2.45) is 0 Å². The Hall–Kier alpha value is -0.720. The molecule has 0 aliphatic heterocycles. The van der Waals surface area contributed by atoms with Crippen molar-refractivity contribution in [3.8, 4) is 0 Å². The Morgan fingerprint density at radius 3 is 2.74 bits per heavy atom. The number of carbonyl (C=O) groups is 2. The highest BCUT2D eigenvalue weighted by atomic mass is 79.9. The molecule has 6 heteroatoms. The molecule has 1 aromatic rings. The van der Waals surface area contributed by atoms with Crippen molar-refractivity contribution in [1.82, 2.24) is 5.32 Å². The van der Waals surface area contributed by atoms with Gasteiger partial charge in [0.05, 0.1) is 6.54 Å². The number of amides is 1. The van der Waals surface area contributed by atoms with Crippen LogP contribution < -0.4 is 5.32 Å². The van der Waals surface area contributed by atoms with Gasteiger partial charge in [0.25, 0.3) is 0 Å². The van der Waals surface area contributed by atoms with E-state index in [0.717, 1.165) is 4.47 Å². The van der Waals surface area contributed by atoms with E-state index in [0.29, 0.717) is 17.5 Å². The van der Waals surface area contributed by atoms with E-state index in [4.69, 9.17) is 4.74 Å². The highest BCUT2D eigenvalue weighted by Gasteiger charge is 2.18. The zero-order chi connectivity index (χ0) is 14.3. The molecule has 0 radical (unpaired) electrons. The molecule has 0 saturated carbocycles. The monoisotopic (exact) mass is 391 g/mol. The molecule has 1 atom stereocenters. The van der Waals surface area contributed by atoms with Crippen LogP contribution in [0.2, 0.25) is 0 Å². The van der Waals surface area contributed by atoms with Gasteiger partial charge in [0.2, 0.25) is 5.91 Å². The average Bonchev–Trinajstić information content (AvgIpc) is 2.41. The molecular formula is C13H15Br2NO3. The first kappa shape index (κ1) is 16.3. The van der Waals surface area contributed by atoms with Gasteiger partial charge in [0, 0.05) is 22.0 Å². The van der Waals surface area contributed by atoms with Gasteiger partial charge in [-0.1, -0.05) is 44.0 Å². The fraction of sp³-hybridized carbons (Fsp3) is 0.385. The zero-order valence-corrected chi connectivity index (χ0v) is 13.7. The number of hydrogen-bond donors (Lipinski definition) is 1. The largest absolute Gasteiger partial charge is 0.368 e. The fourth-order valence-electron chi connectivity index (χ4n) is 1.44. The minimum atomic E-state index is -0.569.